The number of rotatable bonds is 2. The van der Waals surface area contributed by atoms with Gasteiger partial charge in [0, 0.05) is 9.85 Å². The second kappa shape index (κ2) is 4.94. The van der Waals surface area contributed by atoms with E-state index in [4.69, 9.17) is 5.73 Å². The summed E-state index contributed by atoms with van der Waals surface area (Å²) in [7, 11) is 0. The Morgan fingerprint density at radius 2 is 2.21 bits per heavy atom. The van der Waals surface area contributed by atoms with Crippen molar-refractivity contribution in [2.24, 2.45) is 10.7 Å². The standard InChI is InChI=1S/C13H13BrN4S/c1-8-17-10(7-19-8)12-6-16-13(15)18(12)11-5-3-2-4-9(11)14/h2-5,7,12H,6H2,1H3,(H2,15,16). The molecule has 0 saturated carbocycles. The molecule has 4 nitrogen and oxygen atoms in total. The molecule has 1 aliphatic rings. The highest BCUT2D eigenvalue weighted by atomic mass is 79.9. The molecule has 0 saturated heterocycles. The number of aliphatic imine (C=N–C) groups is 1. The number of para-hydroxylation sites is 1. The minimum atomic E-state index is 0.0867. The molecule has 2 aromatic rings. The number of guanidine groups is 1. The van der Waals surface area contributed by atoms with E-state index in [9.17, 15) is 0 Å². The zero-order chi connectivity index (χ0) is 13.4. The zero-order valence-electron chi connectivity index (χ0n) is 10.4. The third-order valence-corrected chi connectivity index (χ3v) is 4.54. The largest absolute Gasteiger partial charge is 0.369 e. The summed E-state index contributed by atoms with van der Waals surface area (Å²) in [6.07, 6.45) is 0. The second-order valence-electron chi connectivity index (χ2n) is 4.33. The van der Waals surface area contributed by atoms with Crippen molar-refractivity contribution in [2.45, 2.75) is 13.0 Å². The van der Waals surface area contributed by atoms with Gasteiger partial charge in [-0.25, -0.2) is 4.98 Å². The number of halogens is 1. The van der Waals surface area contributed by atoms with Crippen molar-refractivity contribution in [1.29, 1.82) is 0 Å². The van der Waals surface area contributed by atoms with Gasteiger partial charge in [-0.15, -0.1) is 11.3 Å². The summed E-state index contributed by atoms with van der Waals surface area (Å²) in [5.41, 5.74) is 8.10. The van der Waals surface area contributed by atoms with E-state index >= 15 is 0 Å². The molecule has 0 aliphatic carbocycles. The quantitative estimate of drug-likeness (QED) is 0.916. The Balaban J connectivity index is 2.02. The van der Waals surface area contributed by atoms with Gasteiger partial charge in [-0.05, 0) is 35.0 Å². The van der Waals surface area contributed by atoms with Crippen molar-refractivity contribution in [2.75, 3.05) is 11.4 Å². The lowest BCUT2D eigenvalue weighted by atomic mass is 10.2. The van der Waals surface area contributed by atoms with E-state index in [0.717, 1.165) is 20.9 Å². The fourth-order valence-corrected chi connectivity index (χ4v) is 3.33. The molecular weight excluding hydrogens is 324 g/mol. The van der Waals surface area contributed by atoms with Gasteiger partial charge in [0.25, 0.3) is 0 Å². The molecule has 1 aliphatic heterocycles. The Bertz CT molecular complexity index is 637. The van der Waals surface area contributed by atoms with Crippen LogP contribution >= 0.6 is 27.3 Å². The number of hydrogen-bond acceptors (Lipinski definition) is 5. The first kappa shape index (κ1) is 12.6. The highest BCUT2D eigenvalue weighted by Gasteiger charge is 2.31. The van der Waals surface area contributed by atoms with Gasteiger partial charge in [0.05, 0.1) is 29.0 Å². The van der Waals surface area contributed by atoms with Gasteiger partial charge in [0.2, 0.25) is 0 Å². The van der Waals surface area contributed by atoms with Gasteiger partial charge in [-0.1, -0.05) is 12.1 Å². The van der Waals surface area contributed by atoms with Crippen LogP contribution in [0.5, 0.6) is 0 Å². The number of hydrogen-bond donors (Lipinski definition) is 1. The van der Waals surface area contributed by atoms with Crippen LogP contribution in [0.25, 0.3) is 0 Å². The second-order valence-corrected chi connectivity index (χ2v) is 6.24. The van der Waals surface area contributed by atoms with Crippen molar-refractivity contribution in [3.05, 3.63) is 44.8 Å². The van der Waals surface area contributed by atoms with Gasteiger partial charge in [-0.3, -0.25) is 4.99 Å². The summed E-state index contributed by atoms with van der Waals surface area (Å²) >= 11 is 5.22. The van der Waals surface area contributed by atoms with E-state index in [0.29, 0.717) is 12.5 Å². The van der Waals surface area contributed by atoms with Crippen molar-refractivity contribution < 1.29 is 0 Å². The molecule has 1 unspecified atom stereocenters. The molecule has 3 rings (SSSR count). The maximum absolute atomic E-state index is 6.05. The average molecular weight is 337 g/mol. The highest BCUT2D eigenvalue weighted by molar-refractivity contribution is 9.10. The van der Waals surface area contributed by atoms with Crippen LogP contribution in [0.1, 0.15) is 16.7 Å². The van der Waals surface area contributed by atoms with Crippen LogP contribution in [0.3, 0.4) is 0 Å². The van der Waals surface area contributed by atoms with Crippen molar-refractivity contribution in [3.63, 3.8) is 0 Å². The monoisotopic (exact) mass is 336 g/mol. The number of anilines is 1. The zero-order valence-corrected chi connectivity index (χ0v) is 12.8. The molecule has 1 aromatic heterocycles. The van der Waals surface area contributed by atoms with Crippen LogP contribution in [-0.4, -0.2) is 17.5 Å². The number of thiazole rings is 1. The van der Waals surface area contributed by atoms with Crippen LogP contribution in [0.2, 0.25) is 0 Å². The number of benzene rings is 1. The maximum Gasteiger partial charge on any atom is 0.196 e. The van der Waals surface area contributed by atoms with E-state index in [-0.39, 0.29) is 6.04 Å². The van der Waals surface area contributed by atoms with Gasteiger partial charge in [0.1, 0.15) is 0 Å². The van der Waals surface area contributed by atoms with Crippen LogP contribution < -0.4 is 10.6 Å². The molecule has 0 spiro atoms. The lowest BCUT2D eigenvalue weighted by molar-refractivity contribution is 0.743. The maximum atomic E-state index is 6.05. The van der Waals surface area contributed by atoms with Crippen LogP contribution in [0, 0.1) is 6.92 Å². The van der Waals surface area contributed by atoms with Crippen molar-refractivity contribution in [1.82, 2.24) is 4.98 Å². The normalized spacial score (nSPS) is 18.7. The third-order valence-electron chi connectivity index (χ3n) is 3.07. The van der Waals surface area contributed by atoms with E-state index in [1.54, 1.807) is 11.3 Å². The molecule has 0 amide bonds. The predicted octanol–water partition coefficient (Wildman–Crippen LogP) is 3.09. The molecule has 1 atom stereocenters. The summed E-state index contributed by atoms with van der Waals surface area (Å²) < 4.78 is 1.01. The molecule has 2 N–H and O–H groups in total. The van der Waals surface area contributed by atoms with E-state index in [2.05, 4.69) is 31.3 Å². The van der Waals surface area contributed by atoms with Gasteiger partial charge >= 0.3 is 0 Å². The summed E-state index contributed by atoms with van der Waals surface area (Å²) in [6, 6.07) is 8.10. The first-order valence-corrected chi connectivity index (χ1v) is 7.60. The molecule has 2 heterocycles. The van der Waals surface area contributed by atoms with Crippen LogP contribution in [0.15, 0.2) is 39.1 Å². The number of aryl methyl sites for hydroxylation is 1. The Morgan fingerprint density at radius 1 is 1.42 bits per heavy atom. The fourth-order valence-electron chi connectivity index (χ4n) is 2.19. The summed E-state index contributed by atoms with van der Waals surface area (Å²) in [5.74, 6) is 0.544. The van der Waals surface area contributed by atoms with E-state index in [1.165, 1.54) is 0 Å². The van der Waals surface area contributed by atoms with E-state index in [1.807, 2.05) is 36.1 Å². The smallest absolute Gasteiger partial charge is 0.196 e. The number of nitrogens with zero attached hydrogens (tertiary/aromatic N) is 3. The SMILES string of the molecule is Cc1nc(C2CN=C(N)N2c2ccccc2Br)cs1. The molecule has 0 radical (unpaired) electrons. The summed E-state index contributed by atoms with van der Waals surface area (Å²) in [6.45, 7) is 2.66. The molecule has 98 valence electrons. The molecule has 0 bridgehead atoms. The lowest BCUT2D eigenvalue weighted by Crippen LogP contribution is -2.36. The van der Waals surface area contributed by atoms with Gasteiger partial charge in [0.15, 0.2) is 5.96 Å². The first-order chi connectivity index (χ1) is 9.16. The molecule has 6 heteroatoms. The molecule has 0 fully saturated rings. The Kier molecular flexibility index (Phi) is 3.28. The van der Waals surface area contributed by atoms with Gasteiger partial charge < -0.3 is 10.6 Å². The van der Waals surface area contributed by atoms with Crippen LogP contribution in [0.4, 0.5) is 5.69 Å². The van der Waals surface area contributed by atoms with E-state index < -0.39 is 0 Å². The minimum Gasteiger partial charge on any atom is -0.369 e. The molecule has 19 heavy (non-hydrogen) atoms. The molecule has 1 aromatic carbocycles. The summed E-state index contributed by atoms with van der Waals surface area (Å²) in [5, 5.41) is 3.14. The minimum absolute atomic E-state index is 0.0867. The number of nitrogens with two attached hydrogens (primary N) is 1. The topological polar surface area (TPSA) is 54.5 Å². The van der Waals surface area contributed by atoms with Crippen molar-refractivity contribution >= 4 is 38.9 Å². The summed E-state index contributed by atoms with van der Waals surface area (Å²) in [4.78, 5) is 11.0. The van der Waals surface area contributed by atoms with Crippen molar-refractivity contribution in [3.8, 4) is 0 Å². The third kappa shape index (κ3) is 2.26. The Morgan fingerprint density at radius 3 is 2.89 bits per heavy atom. The molecular formula is C13H13BrN4S. The first-order valence-electron chi connectivity index (χ1n) is 5.92. The fraction of sp³-hybridized carbons (Fsp3) is 0.231. The Hall–Kier alpha value is -1.40. The Labute approximate surface area is 124 Å². The average Bonchev–Trinajstić information content (AvgIpc) is 2.96. The number of aromatic nitrogens is 1. The van der Waals surface area contributed by atoms with Gasteiger partial charge in [-0.2, -0.15) is 0 Å². The highest BCUT2D eigenvalue weighted by Crippen LogP contribution is 2.35. The lowest BCUT2D eigenvalue weighted by Gasteiger charge is -2.26. The predicted molar refractivity (Wildman–Crippen MR) is 82.7 cm³/mol. The van der Waals surface area contributed by atoms with Crippen LogP contribution in [-0.2, 0) is 0 Å².